The number of carbonyl (C=O) groups excluding carboxylic acids is 1. The molecule has 0 spiro atoms. The van der Waals surface area contributed by atoms with E-state index in [2.05, 4.69) is 17.1 Å². The predicted octanol–water partition coefficient (Wildman–Crippen LogP) is 3.28. The number of esters is 1. The lowest BCUT2D eigenvalue weighted by molar-refractivity contribution is -0.149. The van der Waals surface area contributed by atoms with E-state index in [0.717, 1.165) is 62.7 Å². The van der Waals surface area contributed by atoms with Gasteiger partial charge in [0.1, 0.15) is 0 Å². The lowest BCUT2D eigenvalue weighted by Gasteiger charge is -2.33. The summed E-state index contributed by atoms with van der Waals surface area (Å²) in [4.78, 5) is 19.2. The van der Waals surface area contributed by atoms with Crippen molar-refractivity contribution in [2.45, 2.75) is 52.4 Å². The first kappa shape index (κ1) is 20.8. The third-order valence-electron chi connectivity index (χ3n) is 5.66. The van der Waals surface area contributed by atoms with E-state index in [9.17, 15) is 4.79 Å². The highest BCUT2D eigenvalue weighted by atomic mass is 127. The fourth-order valence-electron chi connectivity index (χ4n) is 3.94. The molecular formula is C19H34IN3O2. The Balaban J connectivity index is 0.00000225. The van der Waals surface area contributed by atoms with Crippen molar-refractivity contribution in [3.63, 3.8) is 0 Å². The van der Waals surface area contributed by atoms with E-state index in [0.29, 0.717) is 6.61 Å². The Morgan fingerprint density at radius 3 is 2.20 bits per heavy atom. The fourth-order valence-corrected chi connectivity index (χ4v) is 3.94. The minimum absolute atomic E-state index is 0. The summed E-state index contributed by atoms with van der Waals surface area (Å²) in [7, 11) is 0. The van der Waals surface area contributed by atoms with Gasteiger partial charge in [-0.2, -0.15) is 0 Å². The second-order valence-corrected chi connectivity index (χ2v) is 7.55. The summed E-state index contributed by atoms with van der Waals surface area (Å²) in [5.74, 6) is 3.79. The lowest BCUT2D eigenvalue weighted by Crippen LogP contribution is -2.47. The van der Waals surface area contributed by atoms with E-state index >= 15 is 0 Å². The van der Waals surface area contributed by atoms with Crippen LogP contribution in [0.5, 0.6) is 0 Å². The highest BCUT2D eigenvalue weighted by Crippen LogP contribution is 2.49. The van der Waals surface area contributed by atoms with E-state index in [1.807, 2.05) is 6.92 Å². The number of halogens is 1. The van der Waals surface area contributed by atoms with Crippen molar-refractivity contribution in [1.82, 2.24) is 10.2 Å². The van der Waals surface area contributed by atoms with Gasteiger partial charge in [0.2, 0.25) is 0 Å². The summed E-state index contributed by atoms with van der Waals surface area (Å²) >= 11 is 0. The normalized spacial score (nSPS) is 21.9. The molecule has 3 rings (SSSR count). The summed E-state index contributed by atoms with van der Waals surface area (Å²) < 4.78 is 5.17. The first-order valence-electron chi connectivity index (χ1n) is 9.92. The van der Waals surface area contributed by atoms with Crippen LogP contribution in [0.4, 0.5) is 0 Å². The molecule has 25 heavy (non-hydrogen) atoms. The number of nitrogens with zero attached hydrogens (tertiary/aromatic N) is 2. The molecule has 5 nitrogen and oxygen atoms in total. The van der Waals surface area contributed by atoms with E-state index < -0.39 is 0 Å². The van der Waals surface area contributed by atoms with E-state index in [4.69, 9.17) is 9.73 Å². The highest BCUT2D eigenvalue weighted by molar-refractivity contribution is 14.0. The summed E-state index contributed by atoms with van der Waals surface area (Å²) in [6, 6.07) is 0. The van der Waals surface area contributed by atoms with Crippen molar-refractivity contribution >= 4 is 35.9 Å². The molecule has 0 radical (unpaired) electrons. The van der Waals surface area contributed by atoms with Crippen LogP contribution in [0.3, 0.4) is 0 Å². The van der Waals surface area contributed by atoms with Gasteiger partial charge in [-0.15, -0.1) is 24.0 Å². The number of aliphatic imine (C=N–C) groups is 1. The maximum absolute atomic E-state index is 11.9. The van der Waals surface area contributed by atoms with Crippen LogP contribution in [0.25, 0.3) is 0 Å². The molecule has 1 saturated heterocycles. The molecule has 2 aliphatic carbocycles. The number of ether oxygens (including phenoxy) is 1. The van der Waals surface area contributed by atoms with Gasteiger partial charge < -0.3 is 15.0 Å². The minimum atomic E-state index is -0.0263. The molecule has 0 atom stereocenters. The molecule has 0 aromatic heterocycles. The number of guanidine groups is 1. The maximum atomic E-state index is 11.9. The van der Waals surface area contributed by atoms with Crippen molar-refractivity contribution in [1.29, 1.82) is 0 Å². The molecule has 6 heteroatoms. The van der Waals surface area contributed by atoms with Gasteiger partial charge in [0, 0.05) is 26.2 Å². The van der Waals surface area contributed by atoms with E-state index in [1.165, 1.54) is 25.7 Å². The number of hydrogen-bond donors (Lipinski definition) is 1. The van der Waals surface area contributed by atoms with Gasteiger partial charge in [0.05, 0.1) is 12.5 Å². The van der Waals surface area contributed by atoms with E-state index in [1.54, 1.807) is 0 Å². The van der Waals surface area contributed by atoms with Crippen LogP contribution >= 0.6 is 24.0 Å². The summed E-state index contributed by atoms with van der Waals surface area (Å²) in [5.41, 5.74) is 0. The van der Waals surface area contributed by atoms with Crippen LogP contribution in [0, 0.1) is 23.7 Å². The molecule has 0 aromatic carbocycles. The standard InChI is InChI=1S/C19H33N3O2.HI/c1-3-20-19(21-13-17(14-5-6-14)15-7-8-15)22-11-9-16(10-12-22)18(23)24-4-2;/h14-17H,3-13H2,1-2H3,(H,20,21);1H. The summed E-state index contributed by atoms with van der Waals surface area (Å²) in [6.07, 6.45) is 7.41. The van der Waals surface area contributed by atoms with Crippen molar-refractivity contribution < 1.29 is 9.53 Å². The molecule has 3 fully saturated rings. The zero-order chi connectivity index (χ0) is 16.9. The second kappa shape index (κ2) is 9.97. The number of likely N-dealkylation sites (tertiary alicyclic amines) is 1. The van der Waals surface area contributed by atoms with Crippen molar-refractivity contribution in [3.8, 4) is 0 Å². The molecule has 1 heterocycles. The second-order valence-electron chi connectivity index (χ2n) is 7.55. The molecule has 3 aliphatic rings. The maximum Gasteiger partial charge on any atom is 0.309 e. The van der Waals surface area contributed by atoms with Gasteiger partial charge in [0.15, 0.2) is 5.96 Å². The smallest absolute Gasteiger partial charge is 0.309 e. The molecule has 0 aromatic rings. The zero-order valence-corrected chi connectivity index (χ0v) is 18.0. The van der Waals surface area contributed by atoms with Crippen molar-refractivity contribution in [3.05, 3.63) is 0 Å². The third-order valence-corrected chi connectivity index (χ3v) is 5.66. The first-order chi connectivity index (χ1) is 11.7. The zero-order valence-electron chi connectivity index (χ0n) is 15.7. The number of hydrogen-bond acceptors (Lipinski definition) is 3. The van der Waals surface area contributed by atoms with Crippen LogP contribution in [0.15, 0.2) is 4.99 Å². The minimum Gasteiger partial charge on any atom is -0.466 e. The van der Waals surface area contributed by atoms with Crippen LogP contribution in [-0.4, -0.2) is 49.6 Å². The molecule has 1 aliphatic heterocycles. The number of rotatable bonds is 7. The fraction of sp³-hybridized carbons (Fsp3) is 0.895. The monoisotopic (exact) mass is 463 g/mol. The Labute approximate surface area is 169 Å². The lowest BCUT2D eigenvalue weighted by atomic mass is 9.97. The number of nitrogens with one attached hydrogen (secondary N) is 1. The Bertz CT molecular complexity index is 444. The van der Waals surface area contributed by atoms with E-state index in [-0.39, 0.29) is 35.9 Å². The number of piperidine rings is 1. The van der Waals surface area contributed by atoms with Crippen LogP contribution in [0.2, 0.25) is 0 Å². The number of carbonyl (C=O) groups is 1. The van der Waals surface area contributed by atoms with Crippen molar-refractivity contribution in [2.24, 2.45) is 28.7 Å². The average molecular weight is 463 g/mol. The molecule has 0 unspecified atom stereocenters. The van der Waals surface area contributed by atoms with Crippen molar-refractivity contribution in [2.75, 3.05) is 32.8 Å². The van der Waals surface area contributed by atoms with Crippen LogP contribution in [-0.2, 0) is 9.53 Å². The molecule has 0 amide bonds. The van der Waals surface area contributed by atoms with Crippen LogP contribution < -0.4 is 5.32 Å². The van der Waals surface area contributed by atoms with Gasteiger partial charge in [-0.3, -0.25) is 9.79 Å². The Morgan fingerprint density at radius 1 is 1.12 bits per heavy atom. The quantitative estimate of drug-likeness (QED) is 0.273. The molecule has 0 bridgehead atoms. The molecule has 1 N–H and O–H groups in total. The summed E-state index contributed by atoms with van der Waals surface area (Å²) in [5, 5.41) is 3.46. The third kappa shape index (κ3) is 6.00. The predicted molar refractivity (Wildman–Crippen MR) is 111 cm³/mol. The SMILES string of the molecule is CCNC(=NCC(C1CC1)C1CC1)N1CCC(C(=O)OCC)CC1.I. The Hall–Kier alpha value is -0.530. The Morgan fingerprint density at radius 2 is 1.72 bits per heavy atom. The van der Waals surface area contributed by atoms with Gasteiger partial charge in [0.25, 0.3) is 0 Å². The topological polar surface area (TPSA) is 53.9 Å². The van der Waals surface area contributed by atoms with Gasteiger partial charge >= 0.3 is 5.97 Å². The Kier molecular flexibility index (Phi) is 8.29. The molecule has 144 valence electrons. The average Bonchev–Trinajstić information content (AvgIpc) is 3.48. The highest BCUT2D eigenvalue weighted by Gasteiger charge is 2.41. The van der Waals surface area contributed by atoms with Gasteiger partial charge in [-0.25, -0.2) is 0 Å². The van der Waals surface area contributed by atoms with Gasteiger partial charge in [-0.1, -0.05) is 0 Å². The molecule has 2 saturated carbocycles. The van der Waals surface area contributed by atoms with Gasteiger partial charge in [-0.05, 0) is 70.1 Å². The van der Waals surface area contributed by atoms with Crippen LogP contribution in [0.1, 0.15) is 52.4 Å². The molecular weight excluding hydrogens is 429 g/mol. The largest absolute Gasteiger partial charge is 0.466 e. The summed E-state index contributed by atoms with van der Waals surface area (Å²) in [6.45, 7) is 8.15. The first-order valence-corrected chi connectivity index (χ1v) is 9.92.